The van der Waals surface area contributed by atoms with Gasteiger partial charge in [-0.15, -0.1) is 0 Å². The molecule has 3 aromatic heterocycles. The number of halogens is 2. The molecule has 2 aliphatic rings. The summed E-state index contributed by atoms with van der Waals surface area (Å²) in [5.74, 6) is 0.473. The zero-order valence-corrected chi connectivity index (χ0v) is 19.6. The van der Waals surface area contributed by atoms with Crippen LogP contribution in [0.3, 0.4) is 0 Å². The van der Waals surface area contributed by atoms with E-state index in [0.717, 1.165) is 50.2 Å². The van der Waals surface area contributed by atoms with Crippen LogP contribution in [0.15, 0.2) is 36.7 Å². The molecule has 35 heavy (non-hydrogen) atoms. The molecule has 10 heteroatoms. The second-order valence-corrected chi connectivity index (χ2v) is 9.33. The normalized spacial score (nSPS) is 19.8. The van der Waals surface area contributed by atoms with Crippen LogP contribution in [0.1, 0.15) is 32.1 Å². The smallest absolute Gasteiger partial charge is 0.229 e. The number of rotatable bonds is 4. The maximum absolute atomic E-state index is 14.9. The number of hydrogen-bond acceptors (Lipinski definition) is 7. The molecule has 0 radical (unpaired) electrons. The molecule has 6 rings (SSSR count). The molecule has 0 saturated carbocycles. The molecule has 2 N–H and O–H groups in total. The molecule has 8 nitrogen and oxygen atoms in total. The maximum atomic E-state index is 14.9. The van der Waals surface area contributed by atoms with Crippen LogP contribution in [0, 0.1) is 11.6 Å². The van der Waals surface area contributed by atoms with Gasteiger partial charge in [0.15, 0.2) is 11.6 Å². The molecule has 180 valence electrons. The molecule has 2 atom stereocenters. The van der Waals surface area contributed by atoms with Crippen LogP contribution in [-0.2, 0) is 6.42 Å². The topological polar surface area (TPSA) is 83.8 Å². The highest BCUT2D eigenvalue weighted by Crippen LogP contribution is 2.34. The average Bonchev–Trinajstić information content (AvgIpc) is 3.41. The highest BCUT2D eigenvalue weighted by Gasteiger charge is 2.25. The van der Waals surface area contributed by atoms with Crippen molar-refractivity contribution in [3.8, 4) is 11.3 Å². The quantitative estimate of drug-likeness (QED) is 0.456. The van der Waals surface area contributed by atoms with Crippen molar-refractivity contribution in [3.63, 3.8) is 0 Å². The summed E-state index contributed by atoms with van der Waals surface area (Å²) in [4.78, 5) is 19.6. The molecular weight excluding hydrogens is 450 g/mol. The molecular formula is C25H26F2N8. The van der Waals surface area contributed by atoms with Crippen molar-refractivity contribution < 1.29 is 8.78 Å². The van der Waals surface area contributed by atoms with E-state index < -0.39 is 11.6 Å². The maximum Gasteiger partial charge on any atom is 0.229 e. The fourth-order valence-electron chi connectivity index (χ4n) is 5.03. The Labute approximate surface area is 201 Å². The third kappa shape index (κ3) is 3.97. The number of anilines is 3. The lowest BCUT2D eigenvalue weighted by molar-refractivity contribution is 0.484. The van der Waals surface area contributed by atoms with Crippen LogP contribution in [0.2, 0.25) is 0 Å². The van der Waals surface area contributed by atoms with Crippen LogP contribution >= 0.6 is 0 Å². The van der Waals surface area contributed by atoms with Crippen molar-refractivity contribution in [2.24, 2.45) is 0 Å². The van der Waals surface area contributed by atoms with Gasteiger partial charge in [-0.1, -0.05) is 0 Å². The highest BCUT2D eigenvalue weighted by atomic mass is 19.1. The van der Waals surface area contributed by atoms with Crippen molar-refractivity contribution in [1.29, 1.82) is 0 Å². The lowest BCUT2D eigenvalue weighted by atomic mass is 10.1. The van der Waals surface area contributed by atoms with Crippen molar-refractivity contribution >= 4 is 28.5 Å². The fourth-order valence-corrected chi connectivity index (χ4v) is 5.03. The molecule has 1 fully saturated rings. The van der Waals surface area contributed by atoms with Crippen LogP contribution in [0.25, 0.3) is 22.3 Å². The lowest BCUT2D eigenvalue weighted by Crippen LogP contribution is -2.49. The molecule has 4 aromatic rings. The predicted molar refractivity (Wildman–Crippen MR) is 131 cm³/mol. The van der Waals surface area contributed by atoms with E-state index in [1.54, 1.807) is 12.3 Å². The summed E-state index contributed by atoms with van der Waals surface area (Å²) in [6, 6.07) is 7.51. The third-order valence-corrected chi connectivity index (χ3v) is 6.79. The minimum atomic E-state index is -0.625. The molecule has 1 saturated heterocycles. The van der Waals surface area contributed by atoms with Crippen LogP contribution in [-0.4, -0.2) is 50.2 Å². The Hall–Kier alpha value is -3.66. The first-order chi connectivity index (χ1) is 17.0. The standard InChI is InChI=1S/C25H26F2N8/c1-14-13-34(8-7-28-14)17-4-5-21(29-11-17)31-25-30-12-19(27)23(33-25)16-9-18(26)24-20(10-16)35-15(2)3-6-22(35)32-24/h4-5,9-12,14-15,28H,3,6-8,13H2,1-2H3,(H,29,30,31,33). The molecule has 2 unspecified atom stereocenters. The van der Waals surface area contributed by atoms with E-state index in [4.69, 9.17) is 0 Å². The Morgan fingerprint density at radius 2 is 1.94 bits per heavy atom. The van der Waals surface area contributed by atoms with Gasteiger partial charge >= 0.3 is 0 Å². The van der Waals surface area contributed by atoms with Gasteiger partial charge in [-0.25, -0.2) is 28.7 Å². The molecule has 0 aliphatic carbocycles. The van der Waals surface area contributed by atoms with Crippen molar-refractivity contribution in [2.45, 2.75) is 38.8 Å². The minimum Gasteiger partial charge on any atom is -0.367 e. The van der Waals surface area contributed by atoms with Gasteiger partial charge in [0.25, 0.3) is 0 Å². The number of benzene rings is 1. The van der Waals surface area contributed by atoms with Gasteiger partial charge in [-0.3, -0.25) is 0 Å². The Bertz CT molecular complexity index is 1400. The SMILES string of the molecule is CC1CN(c2ccc(Nc3ncc(F)c(-c4cc(F)c5nc6n(c5c4)C(C)CC6)n3)nc2)CCN1. The highest BCUT2D eigenvalue weighted by molar-refractivity contribution is 5.83. The van der Waals surface area contributed by atoms with Crippen molar-refractivity contribution in [3.05, 3.63) is 54.1 Å². The molecule has 0 bridgehead atoms. The van der Waals surface area contributed by atoms with Crippen molar-refractivity contribution in [2.75, 3.05) is 29.9 Å². The summed E-state index contributed by atoms with van der Waals surface area (Å²) in [5.41, 5.74) is 2.38. The lowest BCUT2D eigenvalue weighted by Gasteiger charge is -2.33. The van der Waals surface area contributed by atoms with Crippen LogP contribution in [0.4, 0.5) is 26.2 Å². The summed E-state index contributed by atoms with van der Waals surface area (Å²) in [7, 11) is 0. The number of aryl methyl sites for hydroxylation is 1. The molecule has 0 spiro atoms. The van der Waals surface area contributed by atoms with E-state index in [1.807, 2.05) is 16.7 Å². The van der Waals surface area contributed by atoms with E-state index in [0.29, 0.717) is 28.5 Å². The third-order valence-electron chi connectivity index (χ3n) is 6.79. The van der Waals surface area contributed by atoms with Gasteiger partial charge in [0.05, 0.1) is 23.6 Å². The van der Waals surface area contributed by atoms with Crippen molar-refractivity contribution in [1.82, 2.24) is 29.8 Å². The first kappa shape index (κ1) is 21.8. The summed E-state index contributed by atoms with van der Waals surface area (Å²) in [5, 5.41) is 6.46. The van der Waals surface area contributed by atoms with E-state index in [1.165, 1.54) is 6.07 Å². The summed E-state index contributed by atoms with van der Waals surface area (Å²) in [6.45, 7) is 7.00. The van der Waals surface area contributed by atoms with Gasteiger partial charge < -0.3 is 20.1 Å². The number of piperazine rings is 1. The number of nitrogens with one attached hydrogen (secondary N) is 2. The number of hydrogen-bond donors (Lipinski definition) is 2. The Morgan fingerprint density at radius 3 is 2.74 bits per heavy atom. The largest absolute Gasteiger partial charge is 0.367 e. The Morgan fingerprint density at radius 1 is 1.06 bits per heavy atom. The van der Waals surface area contributed by atoms with E-state index >= 15 is 0 Å². The fraction of sp³-hybridized carbons (Fsp3) is 0.360. The number of fused-ring (bicyclic) bond motifs is 3. The van der Waals surface area contributed by atoms with Gasteiger partial charge in [0.2, 0.25) is 5.95 Å². The number of aromatic nitrogens is 5. The summed E-state index contributed by atoms with van der Waals surface area (Å²) >= 11 is 0. The molecule has 0 amide bonds. The van der Waals surface area contributed by atoms with E-state index in [2.05, 4.69) is 49.3 Å². The van der Waals surface area contributed by atoms with E-state index in [-0.39, 0.29) is 17.7 Å². The van der Waals surface area contributed by atoms with Gasteiger partial charge in [-0.2, -0.15) is 0 Å². The first-order valence-corrected chi connectivity index (χ1v) is 11.9. The summed E-state index contributed by atoms with van der Waals surface area (Å²) in [6.07, 6.45) is 4.65. The number of nitrogens with zero attached hydrogens (tertiary/aromatic N) is 6. The van der Waals surface area contributed by atoms with Gasteiger partial charge in [-0.05, 0) is 44.5 Å². The zero-order valence-electron chi connectivity index (χ0n) is 19.6. The monoisotopic (exact) mass is 476 g/mol. The molecule has 5 heterocycles. The second kappa shape index (κ2) is 8.53. The predicted octanol–water partition coefficient (Wildman–Crippen LogP) is 4.22. The number of pyridine rings is 1. The second-order valence-electron chi connectivity index (χ2n) is 9.33. The molecule has 2 aliphatic heterocycles. The minimum absolute atomic E-state index is 0.0240. The Kier molecular flexibility index (Phi) is 5.32. The molecule has 1 aromatic carbocycles. The zero-order chi connectivity index (χ0) is 24.1. The first-order valence-electron chi connectivity index (χ1n) is 11.9. The average molecular weight is 477 g/mol. The Balaban J connectivity index is 1.29. The van der Waals surface area contributed by atoms with Crippen LogP contribution < -0.4 is 15.5 Å². The number of imidazole rings is 1. The van der Waals surface area contributed by atoms with Gasteiger partial charge in [0.1, 0.15) is 22.9 Å². The van der Waals surface area contributed by atoms with Crippen LogP contribution in [0.5, 0.6) is 0 Å². The van der Waals surface area contributed by atoms with Gasteiger partial charge in [0, 0.05) is 43.7 Å². The summed E-state index contributed by atoms with van der Waals surface area (Å²) < 4.78 is 31.7. The van der Waals surface area contributed by atoms with E-state index in [9.17, 15) is 8.78 Å².